The van der Waals surface area contributed by atoms with E-state index in [-0.39, 0.29) is 6.61 Å². The van der Waals surface area contributed by atoms with E-state index in [1.54, 1.807) is 30.3 Å². The predicted octanol–water partition coefficient (Wildman–Crippen LogP) is 3.88. The van der Waals surface area contributed by atoms with Gasteiger partial charge in [0.25, 0.3) is 0 Å². The Kier molecular flexibility index (Phi) is 5.73. The normalized spacial score (nSPS) is 12.4. The number of rotatable bonds is 6. The van der Waals surface area contributed by atoms with Gasteiger partial charge in [0.15, 0.2) is 23.0 Å². The molecule has 0 saturated carbocycles. The molecule has 0 spiro atoms. The van der Waals surface area contributed by atoms with Crippen LogP contribution in [-0.2, 0) is 11.3 Å². The molecule has 0 N–H and O–H groups in total. The van der Waals surface area contributed by atoms with Gasteiger partial charge in [-0.15, -0.1) is 0 Å². The van der Waals surface area contributed by atoms with Crippen LogP contribution in [0.4, 0.5) is 0 Å². The molecule has 26 heavy (non-hydrogen) atoms. The molecule has 0 bridgehead atoms. The SMILES string of the molecule is CCOc1ccc(C(=O)OCc2cc(Cl)c3c(c2)OCCO3)cc1OC. The number of carbonyl (C=O) groups is 1. The number of hydrogen-bond donors (Lipinski definition) is 0. The van der Waals surface area contributed by atoms with Crippen LogP contribution >= 0.6 is 11.6 Å². The minimum Gasteiger partial charge on any atom is -0.493 e. The zero-order valence-corrected chi connectivity index (χ0v) is 15.3. The molecular weight excluding hydrogens is 360 g/mol. The second-order valence-corrected chi connectivity index (χ2v) is 5.88. The van der Waals surface area contributed by atoms with Gasteiger partial charge in [0, 0.05) is 0 Å². The number of fused-ring (bicyclic) bond motifs is 1. The summed E-state index contributed by atoms with van der Waals surface area (Å²) in [6.07, 6.45) is 0. The van der Waals surface area contributed by atoms with E-state index in [4.69, 9.17) is 35.3 Å². The fourth-order valence-electron chi connectivity index (χ4n) is 2.55. The highest BCUT2D eigenvalue weighted by atomic mass is 35.5. The van der Waals surface area contributed by atoms with Crippen LogP contribution in [0.25, 0.3) is 0 Å². The summed E-state index contributed by atoms with van der Waals surface area (Å²) in [4.78, 5) is 12.3. The molecule has 0 unspecified atom stereocenters. The van der Waals surface area contributed by atoms with Crippen molar-refractivity contribution in [2.45, 2.75) is 13.5 Å². The Morgan fingerprint density at radius 2 is 1.96 bits per heavy atom. The Balaban J connectivity index is 1.70. The first kappa shape index (κ1) is 18.2. The Morgan fingerprint density at radius 1 is 1.15 bits per heavy atom. The fraction of sp³-hybridized carbons (Fsp3) is 0.316. The van der Waals surface area contributed by atoms with E-state index in [0.717, 1.165) is 0 Å². The number of halogens is 1. The maximum Gasteiger partial charge on any atom is 0.338 e. The van der Waals surface area contributed by atoms with Crippen molar-refractivity contribution in [1.29, 1.82) is 0 Å². The largest absolute Gasteiger partial charge is 0.493 e. The summed E-state index contributed by atoms with van der Waals surface area (Å²) >= 11 is 6.19. The average molecular weight is 379 g/mol. The lowest BCUT2D eigenvalue weighted by Gasteiger charge is -2.20. The van der Waals surface area contributed by atoms with Crippen LogP contribution in [-0.4, -0.2) is 32.9 Å². The van der Waals surface area contributed by atoms with Gasteiger partial charge in [-0.05, 0) is 42.8 Å². The van der Waals surface area contributed by atoms with Crippen molar-refractivity contribution in [3.8, 4) is 23.0 Å². The van der Waals surface area contributed by atoms with Crippen LogP contribution in [0.1, 0.15) is 22.8 Å². The van der Waals surface area contributed by atoms with Crippen LogP contribution in [0.15, 0.2) is 30.3 Å². The molecule has 0 fully saturated rings. The van der Waals surface area contributed by atoms with Crippen molar-refractivity contribution >= 4 is 17.6 Å². The molecule has 2 aromatic rings. The lowest BCUT2D eigenvalue weighted by atomic mass is 10.2. The molecule has 0 aliphatic carbocycles. The number of ether oxygens (including phenoxy) is 5. The number of esters is 1. The number of methoxy groups -OCH3 is 1. The summed E-state index contributed by atoms with van der Waals surface area (Å²) in [6.45, 7) is 3.36. The second-order valence-electron chi connectivity index (χ2n) is 5.48. The average Bonchev–Trinajstić information content (AvgIpc) is 2.66. The van der Waals surface area contributed by atoms with E-state index in [9.17, 15) is 4.79 Å². The highest BCUT2D eigenvalue weighted by Crippen LogP contribution is 2.38. The zero-order chi connectivity index (χ0) is 18.5. The minimum atomic E-state index is -0.475. The summed E-state index contributed by atoms with van der Waals surface area (Å²) in [5.74, 6) is 1.65. The van der Waals surface area contributed by atoms with Gasteiger partial charge in [-0.2, -0.15) is 0 Å². The topological polar surface area (TPSA) is 63.2 Å². The standard InChI is InChI=1S/C19H19ClO6/c1-3-23-15-5-4-13(10-16(15)22-2)19(21)26-11-12-8-14(20)18-17(9-12)24-6-7-25-18/h4-5,8-10H,3,6-7,11H2,1-2H3. The van der Waals surface area contributed by atoms with E-state index in [0.29, 0.717) is 59.0 Å². The van der Waals surface area contributed by atoms with Gasteiger partial charge in [0.2, 0.25) is 0 Å². The molecule has 2 aromatic carbocycles. The first-order valence-electron chi connectivity index (χ1n) is 8.18. The van der Waals surface area contributed by atoms with Gasteiger partial charge in [0.1, 0.15) is 19.8 Å². The molecule has 138 valence electrons. The highest BCUT2D eigenvalue weighted by Gasteiger charge is 2.18. The number of benzene rings is 2. The van der Waals surface area contributed by atoms with Crippen LogP contribution in [0, 0.1) is 0 Å². The van der Waals surface area contributed by atoms with Gasteiger partial charge < -0.3 is 23.7 Å². The van der Waals surface area contributed by atoms with Crippen LogP contribution in [0.5, 0.6) is 23.0 Å². The van der Waals surface area contributed by atoms with Crippen molar-refractivity contribution in [3.05, 3.63) is 46.5 Å². The Morgan fingerprint density at radius 3 is 2.73 bits per heavy atom. The summed E-state index contributed by atoms with van der Waals surface area (Å²) < 4.78 is 27.1. The smallest absolute Gasteiger partial charge is 0.338 e. The third kappa shape index (κ3) is 3.96. The first-order valence-corrected chi connectivity index (χ1v) is 8.56. The molecule has 6 nitrogen and oxygen atoms in total. The maximum absolute atomic E-state index is 12.3. The van der Waals surface area contributed by atoms with E-state index >= 15 is 0 Å². The lowest BCUT2D eigenvalue weighted by Crippen LogP contribution is -2.16. The second kappa shape index (κ2) is 8.19. The van der Waals surface area contributed by atoms with Gasteiger partial charge in [-0.3, -0.25) is 0 Å². The maximum atomic E-state index is 12.3. The molecule has 7 heteroatoms. The Labute approximate surface area is 156 Å². The quantitative estimate of drug-likeness (QED) is 0.711. The minimum absolute atomic E-state index is 0.0602. The van der Waals surface area contributed by atoms with Gasteiger partial charge >= 0.3 is 5.97 Å². The summed E-state index contributed by atoms with van der Waals surface area (Å²) in [5.41, 5.74) is 1.08. The molecule has 0 amide bonds. The summed E-state index contributed by atoms with van der Waals surface area (Å²) in [6, 6.07) is 8.35. The van der Waals surface area contributed by atoms with E-state index in [1.165, 1.54) is 7.11 Å². The van der Waals surface area contributed by atoms with E-state index in [2.05, 4.69) is 0 Å². The third-order valence-corrected chi connectivity index (χ3v) is 4.01. The van der Waals surface area contributed by atoms with Crippen molar-refractivity contribution in [2.24, 2.45) is 0 Å². The van der Waals surface area contributed by atoms with E-state index in [1.807, 2.05) is 6.92 Å². The number of hydrogen-bond acceptors (Lipinski definition) is 6. The van der Waals surface area contributed by atoms with Crippen molar-refractivity contribution in [1.82, 2.24) is 0 Å². The molecular formula is C19H19ClO6. The first-order chi connectivity index (χ1) is 12.6. The molecule has 0 aromatic heterocycles. The van der Waals surface area contributed by atoms with Gasteiger partial charge in [-0.1, -0.05) is 11.6 Å². The monoisotopic (exact) mass is 378 g/mol. The van der Waals surface area contributed by atoms with Gasteiger partial charge in [0.05, 0.1) is 24.3 Å². The Hall–Kier alpha value is -2.60. The lowest BCUT2D eigenvalue weighted by molar-refractivity contribution is 0.0471. The number of carbonyl (C=O) groups excluding carboxylic acids is 1. The predicted molar refractivity (Wildman–Crippen MR) is 95.7 cm³/mol. The van der Waals surface area contributed by atoms with Crippen LogP contribution in [0.2, 0.25) is 5.02 Å². The van der Waals surface area contributed by atoms with Crippen LogP contribution in [0.3, 0.4) is 0 Å². The molecule has 3 rings (SSSR count). The van der Waals surface area contributed by atoms with Crippen LogP contribution < -0.4 is 18.9 Å². The molecule has 0 atom stereocenters. The van der Waals surface area contributed by atoms with Crippen molar-refractivity contribution in [3.63, 3.8) is 0 Å². The fourth-order valence-corrected chi connectivity index (χ4v) is 2.84. The highest BCUT2D eigenvalue weighted by molar-refractivity contribution is 6.32. The summed E-state index contributed by atoms with van der Waals surface area (Å²) in [5, 5.41) is 0.427. The molecule has 1 aliphatic rings. The summed E-state index contributed by atoms with van der Waals surface area (Å²) in [7, 11) is 1.52. The van der Waals surface area contributed by atoms with Crippen molar-refractivity contribution < 1.29 is 28.5 Å². The van der Waals surface area contributed by atoms with E-state index < -0.39 is 5.97 Å². The molecule has 1 heterocycles. The molecule has 1 aliphatic heterocycles. The molecule has 0 radical (unpaired) electrons. The van der Waals surface area contributed by atoms with Gasteiger partial charge in [-0.25, -0.2) is 4.79 Å². The third-order valence-electron chi connectivity index (χ3n) is 3.73. The Bertz CT molecular complexity index is 805. The zero-order valence-electron chi connectivity index (χ0n) is 14.5. The molecule has 0 saturated heterocycles. The van der Waals surface area contributed by atoms with Crippen molar-refractivity contribution in [2.75, 3.05) is 26.9 Å².